The van der Waals surface area contributed by atoms with Crippen LogP contribution < -0.4 is 0 Å². The summed E-state index contributed by atoms with van der Waals surface area (Å²) < 4.78 is 39.4. The summed E-state index contributed by atoms with van der Waals surface area (Å²) in [4.78, 5) is 12.8. The molecule has 3 aromatic rings. The molecule has 3 rings (SSSR count). The van der Waals surface area contributed by atoms with E-state index in [9.17, 15) is 23.1 Å². The normalized spacial score (nSPS) is 11.3. The first-order valence-electron chi connectivity index (χ1n) is 7.47. The van der Waals surface area contributed by atoms with Crippen molar-refractivity contribution in [3.8, 4) is 16.9 Å². The smallest absolute Gasteiger partial charge is 0.416 e. The Morgan fingerprint density at radius 2 is 1.40 bits per heavy atom. The summed E-state index contributed by atoms with van der Waals surface area (Å²) in [5.74, 6) is -1.23. The predicted molar refractivity (Wildman–Crippen MR) is 88.4 cm³/mol. The first kappa shape index (κ1) is 16.8. The molecule has 0 amide bonds. The van der Waals surface area contributed by atoms with Crippen molar-refractivity contribution in [2.24, 2.45) is 0 Å². The molecule has 0 bridgehead atoms. The molecular formula is C20H13F3O2. The lowest BCUT2D eigenvalue weighted by Gasteiger charge is -2.15. The van der Waals surface area contributed by atoms with E-state index in [1.807, 2.05) is 0 Å². The number of halogens is 3. The fraction of sp³-hybridized carbons (Fsp3) is 0.0500. The largest absolute Gasteiger partial charge is 0.507 e. The highest BCUT2D eigenvalue weighted by atomic mass is 19.4. The van der Waals surface area contributed by atoms with Gasteiger partial charge in [0.05, 0.1) is 11.1 Å². The Labute approximate surface area is 142 Å². The molecule has 0 unspecified atom stereocenters. The summed E-state index contributed by atoms with van der Waals surface area (Å²) in [5.41, 5.74) is -0.404. The van der Waals surface area contributed by atoms with Crippen LogP contribution in [0.1, 0.15) is 21.5 Å². The molecule has 25 heavy (non-hydrogen) atoms. The fourth-order valence-electron chi connectivity index (χ4n) is 2.61. The third-order valence-corrected chi connectivity index (χ3v) is 3.79. The van der Waals surface area contributed by atoms with Crippen molar-refractivity contribution < 1.29 is 23.1 Å². The second kappa shape index (κ2) is 6.43. The standard InChI is InChI=1S/C20H13F3O2/c21-20(22,23)15-11-16(13-7-3-1-4-8-13)18(17(24)12-15)19(25)14-9-5-2-6-10-14/h1-12,24H. The van der Waals surface area contributed by atoms with Crippen LogP contribution >= 0.6 is 0 Å². The molecule has 3 aromatic carbocycles. The van der Waals surface area contributed by atoms with Gasteiger partial charge in [-0.05, 0) is 23.3 Å². The van der Waals surface area contributed by atoms with E-state index in [0.29, 0.717) is 11.6 Å². The zero-order chi connectivity index (χ0) is 18.0. The molecule has 2 nitrogen and oxygen atoms in total. The maximum absolute atomic E-state index is 13.1. The van der Waals surface area contributed by atoms with Crippen LogP contribution in [-0.4, -0.2) is 10.9 Å². The summed E-state index contributed by atoms with van der Waals surface area (Å²) >= 11 is 0. The van der Waals surface area contributed by atoms with Gasteiger partial charge < -0.3 is 5.11 Å². The minimum Gasteiger partial charge on any atom is -0.507 e. The Balaban J connectivity index is 2.26. The maximum atomic E-state index is 13.1. The number of ketones is 1. The molecule has 0 aromatic heterocycles. The third-order valence-electron chi connectivity index (χ3n) is 3.79. The number of hydrogen-bond donors (Lipinski definition) is 1. The van der Waals surface area contributed by atoms with E-state index in [-0.39, 0.29) is 16.7 Å². The van der Waals surface area contributed by atoms with E-state index >= 15 is 0 Å². The van der Waals surface area contributed by atoms with E-state index in [1.165, 1.54) is 0 Å². The Hall–Kier alpha value is -3.08. The molecule has 126 valence electrons. The van der Waals surface area contributed by atoms with Crippen molar-refractivity contribution in [2.75, 3.05) is 0 Å². The van der Waals surface area contributed by atoms with Gasteiger partial charge in [0.25, 0.3) is 0 Å². The minimum atomic E-state index is -4.63. The van der Waals surface area contributed by atoms with Gasteiger partial charge in [0.15, 0.2) is 5.78 Å². The Kier molecular flexibility index (Phi) is 4.31. The molecule has 0 aliphatic carbocycles. The van der Waals surface area contributed by atoms with Crippen LogP contribution in [0.4, 0.5) is 13.2 Å². The highest BCUT2D eigenvalue weighted by molar-refractivity contribution is 6.14. The molecule has 5 heteroatoms. The van der Waals surface area contributed by atoms with Crippen molar-refractivity contribution in [1.29, 1.82) is 0 Å². The number of alkyl halides is 3. The first-order valence-corrected chi connectivity index (χ1v) is 7.47. The number of benzene rings is 3. The van der Waals surface area contributed by atoms with Crippen LogP contribution in [-0.2, 0) is 6.18 Å². The second-order valence-electron chi connectivity index (χ2n) is 5.48. The molecular weight excluding hydrogens is 329 g/mol. The monoisotopic (exact) mass is 342 g/mol. The van der Waals surface area contributed by atoms with Crippen molar-refractivity contribution in [1.82, 2.24) is 0 Å². The Morgan fingerprint density at radius 3 is 1.96 bits per heavy atom. The molecule has 0 spiro atoms. The molecule has 0 heterocycles. The highest BCUT2D eigenvalue weighted by Gasteiger charge is 2.33. The molecule has 0 saturated heterocycles. The van der Waals surface area contributed by atoms with Crippen LogP contribution in [0.3, 0.4) is 0 Å². The summed E-state index contributed by atoms with van der Waals surface area (Å²) in [6.07, 6.45) is -4.63. The Bertz CT molecular complexity index is 901. The van der Waals surface area contributed by atoms with Gasteiger partial charge in [-0.2, -0.15) is 13.2 Å². The van der Waals surface area contributed by atoms with Crippen molar-refractivity contribution >= 4 is 5.78 Å². The number of aromatic hydroxyl groups is 1. The number of carbonyl (C=O) groups excluding carboxylic acids is 1. The van der Waals surface area contributed by atoms with Crippen molar-refractivity contribution in [3.63, 3.8) is 0 Å². The molecule has 0 aliphatic rings. The van der Waals surface area contributed by atoms with Crippen LogP contribution in [0.15, 0.2) is 72.8 Å². The molecule has 0 saturated carbocycles. The van der Waals surface area contributed by atoms with Crippen LogP contribution in [0, 0.1) is 0 Å². The number of rotatable bonds is 3. The topological polar surface area (TPSA) is 37.3 Å². The zero-order valence-electron chi connectivity index (χ0n) is 12.9. The van der Waals surface area contributed by atoms with Gasteiger partial charge in [-0.25, -0.2) is 0 Å². The van der Waals surface area contributed by atoms with Gasteiger partial charge in [-0.3, -0.25) is 4.79 Å². The zero-order valence-corrected chi connectivity index (χ0v) is 12.9. The summed E-state index contributed by atoms with van der Waals surface area (Å²) in [5, 5.41) is 10.2. The number of phenolic OH excluding ortho intramolecular Hbond substituents is 1. The Morgan fingerprint density at radius 1 is 0.840 bits per heavy atom. The van der Waals surface area contributed by atoms with E-state index in [2.05, 4.69) is 0 Å². The SMILES string of the molecule is O=C(c1ccccc1)c1c(O)cc(C(F)(F)F)cc1-c1ccccc1. The molecule has 1 N–H and O–H groups in total. The maximum Gasteiger partial charge on any atom is 0.416 e. The molecule has 0 radical (unpaired) electrons. The minimum absolute atomic E-state index is 0.0433. The lowest BCUT2D eigenvalue weighted by molar-refractivity contribution is -0.137. The second-order valence-corrected chi connectivity index (χ2v) is 5.48. The number of carbonyl (C=O) groups is 1. The lowest BCUT2D eigenvalue weighted by atomic mass is 9.91. The number of hydrogen-bond acceptors (Lipinski definition) is 2. The predicted octanol–water partition coefficient (Wildman–Crippen LogP) is 5.31. The fourth-order valence-corrected chi connectivity index (χ4v) is 2.61. The van der Waals surface area contributed by atoms with Gasteiger partial charge in [-0.1, -0.05) is 60.7 Å². The first-order chi connectivity index (χ1) is 11.9. The molecule has 0 atom stereocenters. The van der Waals surface area contributed by atoms with E-state index in [0.717, 1.165) is 6.07 Å². The van der Waals surface area contributed by atoms with Crippen molar-refractivity contribution in [2.45, 2.75) is 6.18 Å². The molecule has 0 fully saturated rings. The molecule has 0 aliphatic heterocycles. The van der Waals surface area contributed by atoms with Crippen LogP contribution in [0.25, 0.3) is 11.1 Å². The van der Waals surface area contributed by atoms with Crippen LogP contribution in [0.2, 0.25) is 0 Å². The van der Waals surface area contributed by atoms with E-state index in [1.54, 1.807) is 60.7 Å². The van der Waals surface area contributed by atoms with Crippen molar-refractivity contribution in [3.05, 3.63) is 89.5 Å². The number of phenols is 1. The van der Waals surface area contributed by atoms with Gasteiger partial charge >= 0.3 is 6.18 Å². The average molecular weight is 342 g/mol. The summed E-state index contributed by atoms with van der Waals surface area (Å²) in [6, 6.07) is 17.8. The summed E-state index contributed by atoms with van der Waals surface area (Å²) in [6.45, 7) is 0. The van der Waals surface area contributed by atoms with Gasteiger partial charge in [-0.15, -0.1) is 0 Å². The third kappa shape index (κ3) is 3.40. The average Bonchev–Trinajstić information content (AvgIpc) is 2.61. The summed E-state index contributed by atoms with van der Waals surface area (Å²) in [7, 11) is 0. The van der Waals surface area contributed by atoms with Gasteiger partial charge in [0, 0.05) is 5.56 Å². The lowest BCUT2D eigenvalue weighted by Crippen LogP contribution is -2.09. The quantitative estimate of drug-likeness (QED) is 0.655. The van der Waals surface area contributed by atoms with E-state index < -0.39 is 23.3 Å². The van der Waals surface area contributed by atoms with Crippen LogP contribution in [0.5, 0.6) is 5.75 Å². The van der Waals surface area contributed by atoms with Gasteiger partial charge in [0.2, 0.25) is 0 Å². The van der Waals surface area contributed by atoms with Gasteiger partial charge in [0.1, 0.15) is 5.75 Å². The highest BCUT2D eigenvalue weighted by Crippen LogP contribution is 2.39. The van der Waals surface area contributed by atoms with E-state index in [4.69, 9.17) is 0 Å².